The molecule has 3 unspecified atom stereocenters. The molecule has 0 radical (unpaired) electrons. The third-order valence-corrected chi connectivity index (χ3v) is 3.87. The van der Waals surface area contributed by atoms with E-state index in [1.165, 1.54) is 11.1 Å². The molecule has 1 aromatic rings. The van der Waals surface area contributed by atoms with Crippen LogP contribution in [0.3, 0.4) is 0 Å². The molecule has 0 aliphatic carbocycles. The number of benzene rings is 1. The summed E-state index contributed by atoms with van der Waals surface area (Å²) in [7, 11) is 1.74. The standard InChI is InChI=1S/C16H24O2/c1-10(2)14-9-13(6-7-15(14)17-5)11(3)8-16-12(4)18-16/h6-7,9-12,16H,8H2,1-5H3. The van der Waals surface area contributed by atoms with Gasteiger partial charge in [-0.25, -0.2) is 0 Å². The quantitative estimate of drug-likeness (QED) is 0.732. The summed E-state index contributed by atoms with van der Waals surface area (Å²) in [5, 5.41) is 0. The Balaban J connectivity index is 2.15. The number of ether oxygens (including phenoxy) is 2. The van der Waals surface area contributed by atoms with Crippen molar-refractivity contribution in [1.29, 1.82) is 0 Å². The van der Waals surface area contributed by atoms with Gasteiger partial charge in [-0.3, -0.25) is 0 Å². The maximum absolute atomic E-state index is 5.51. The molecule has 18 heavy (non-hydrogen) atoms. The highest BCUT2D eigenvalue weighted by Crippen LogP contribution is 2.35. The topological polar surface area (TPSA) is 21.8 Å². The van der Waals surface area contributed by atoms with Gasteiger partial charge in [0, 0.05) is 0 Å². The van der Waals surface area contributed by atoms with Crippen molar-refractivity contribution in [2.75, 3.05) is 7.11 Å². The van der Waals surface area contributed by atoms with E-state index in [0.29, 0.717) is 24.0 Å². The largest absolute Gasteiger partial charge is 0.496 e. The fourth-order valence-electron chi connectivity index (χ4n) is 2.47. The van der Waals surface area contributed by atoms with Gasteiger partial charge in [-0.05, 0) is 42.4 Å². The molecule has 0 bridgehead atoms. The van der Waals surface area contributed by atoms with Gasteiger partial charge in [-0.1, -0.05) is 32.9 Å². The first kappa shape index (κ1) is 13.4. The SMILES string of the molecule is COc1ccc(C(C)CC2OC2C)cc1C(C)C. The Bertz CT molecular complexity index is 412. The van der Waals surface area contributed by atoms with Crippen LogP contribution in [0.15, 0.2) is 18.2 Å². The predicted octanol–water partition coefficient (Wildman–Crippen LogP) is 4.10. The first-order chi connectivity index (χ1) is 8.52. The molecule has 0 aromatic heterocycles. The zero-order valence-corrected chi connectivity index (χ0v) is 12.1. The van der Waals surface area contributed by atoms with Crippen LogP contribution in [0, 0.1) is 0 Å². The van der Waals surface area contributed by atoms with Crippen molar-refractivity contribution in [1.82, 2.24) is 0 Å². The third kappa shape index (κ3) is 2.86. The molecular formula is C16H24O2. The fraction of sp³-hybridized carbons (Fsp3) is 0.625. The van der Waals surface area contributed by atoms with Crippen LogP contribution >= 0.6 is 0 Å². The second kappa shape index (κ2) is 5.31. The van der Waals surface area contributed by atoms with Gasteiger partial charge >= 0.3 is 0 Å². The highest BCUT2D eigenvalue weighted by Gasteiger charge is 2.35. The van der Waals surface area contributed by atoms with Gasteiger partial charge in [-0.15, -0.1) is 0 Å². The zero-order chi connectivity index (χ0) is 13.3. The lowest BCUT2D eigenvalue weighted by atomic mass is 9.91. The predicted molar refractivity (Wildman–Crippen MR) is 74.5 cm³/mol. The molecule has 1 saturated heterocycles. The molecule has 2 heteroatoms. The monoisotopic (exact) mass is 248 g/mol. The number of rotatable bonds is 5. The van der Waals surface area contributed by atoms with E-state index in [1.807, 2.05) is 0 Å². The molecule has 3 atom stereocenters. The van der Waals surface area contributed by atoms with Crippen molar-refractivity contribution in [3.63, 3.8) is 0 Å². The summed E-state index contributed by atoms with van der Waals surface area (Å²) in [5.41, 5.74) is 2.69. The molecule has 2 nitrogen and oxygen atoms in total. The maximum Gasteiger partial charge on any atom is 0.122 e. The van der Waals surface area contributed by atoms with Crippen LogP contribution in [0.1, 0.15) is 57.1 Å². The van der Waals surface area contributed by atoms with Crippen LogP contribution in [0.2, 0.25) is 0 Å². The van der Waals surface area contributed by atoms with E-state index in [1.54, 1.807) is 7.11 Å². The van der Waals surface area contributed by atoms with Crippen molar-refractivity contribution in [3.05, 3.63) is 29.3 Å². The van der Waals surface area contributed by atoms with Gasteiger partial charge in [0.1, 0.15) is 5.75 Å². The molecule has 1 aromatic carbocycles. The summed E-state index contributed by atoms with van der Waals surface area (Å²) in [6.07, 6.45) is 2.03. The van der Waals surface area contributed by atoms with E-state index in [-0.39, 0.29) is 0 Å². The van der Waals surface area contributed by atoms with Crippen molar-refractivity contribution in [2.24, 2.45) is 0 Å². The molecule has 1 heterocycles. The lowest BCUT2D eigenvalue weighted by Crippen LogP contribution is -2.02. The highest BCUT2D eigenvalue weighted by molar-refractivity contribution is 5.40. The van der Waals surface area contributed by atoms with E-state index in [9.17, 15) is 0 Å². The third-order valence-electron chi connectivity index (χ3n) is 3.87. The maximum atomic E-state index is 5.51. The molecule has 1 aliphatic heterocycles. The average molecular weight is 248 g/mol. The van der Waals surface area contributed by atoms with Crippen molar-refractivity contribution < 1.29 is 9.47 Å². The Morgan fingerprint density at radius 1 is 1.28 bits per heavy atom. The van der Waals surface area contributed by atoms with Gasteiger partial charge in [0.15, 0.2) is 0 Å². The summed E-state index contributed by atoms with van der Waals surface area (Å²) in [5.74, 6) is 2.03. The lowest BCUT2D eigenvalue weighted by molar-refractivity contribution is 0.362. The normalized spacial score (nSPS) is 24.1. The van der Waals surface area contributed by atoms with Gasteiger partial charge in [0.2, 0.25) is 0 Å². The number of methoxy groups -OCH3 is 1. The summed E-state index contributed by atoms with van der Waals surface area (Å²) in [6.45, 7) is 8.84. The zero-order valence-electron chi connectivity index (χ0n) is 12.1. The smallest absolute Gasteiger partial charge is 0.122 e. The molecule has 1 fully saturated rings. The average Bonchev–Trinajstić information content (AvgIpc) is 3.03. The van der Waals surface area contributed by atoms with Crippen LogP contribution in [0.25, 0.3) is 0 Å². The minimum absolute atomic E-state index is 0.454. The molecule has 0 saturated carbocycles. The Kier molecular flexibility index (Phi) is 3.96. The minimum Gasteiger partial charge on any atom is -0.496 e. The molecule has 0 spiro atoms. The van der Waals surface area contributed by atoms with Gasteiger partial charge in [0.05, 0.1) is 19.3 Å². The molecule has 100 valence electrons. The Morgan fingerprint density at radius 3 is 2.44 bits per heavy atom. The second-order valence-corrected chi connectivity index (χ2v) is 5.67. The van der Waals surface area contributed by atoms with E-state index in [4.69, 9.17) is 9.47 Å². The first-order valence-electron chi connectivity index (χ1n) is 6.86. The molecule has 2 rings (SSSR count). The fourth-order valence-corrected chi connectivity index (χ4v) is 2.47. The summed E-state index contributed by atoms with van der Waals surface area (Å²) in [6, 6.07) is 6.57. The van der Waals surface area contributed by atoms with E-state index in [0.717, 1.165) is 12.2 Å². The molecule has 1 aliphatic rings. The van der Waals surface area contributed by atoms with Crippen LogP contribution in [0.4, 0.5) is 0 Å². The minimum atomic E-state index is 0.454. The van der Waals surface area contributed by atoms with Gasteiger partial charge in [-0.2, -0.15) is 0 Å². The molecular weight excluding hydrogens is 224 g/mol. The van der Waals surface area contributed by atoms with Crippen molar-refractivity contribution in [2.45, 2.75) is 58.2 Å². The first-order valence-corrected chi connectivity index (χ1v) is 6.86. The van der Waals surface area contributed by atoms with Crippen molar-refractivity contribution in [3.8, 4) is 5.75 Å². The van der Waals surface area contributed by atoms with Crippen LogP contribution in [-0.4, -0.2) is 19.3 Å². The van der Waals surface area contributed by atoms with Crippen LogP contribution in [0.5, 0.6) is 5.75 Å². The van der Waals surface area contributed by atoms with E-state index < -0.39 is 0 Å². The summed E-state index contributed by atoms with van der Waals surface area (Å²) in [4.78, 5) is 0. The number of hydrogen-bond acceptors (Lipinski definition) is 2. The number of epoxide rings is 1. The van der Waals surface area contributed by atoms with E-state index in [2.05, 4.69) is 45.9 Å². The molecule has 0 amide bonds. The summed E-state index contributed by atoms with van der Waals surface area (Å²) >= 11 is 0. The molecule has 0 N–H and O–H groups in total. The van der Waals surface area contributed by atoms with Gasteiger partial charge in [0.25, 0.3) is 0 Å². The van der Waals surface area contributed by atoms with E-state index >= 15 is 0 Å². The Morgan fingerprint density at radius 2 is 1.94 bits per heavy atom. The number of hydrogen-bond donors (Lipinski definition) is 0. The van der Waals surface area contributed by atoms with Crippen molar-refractivity contribution >= 4 is 0 Å². The Labute approximate surface area is 110 Å². The van der Waals surface area contributed by atoms with Crippen LogP contribution < -0.4 is 4.74 Å². The van der Waals surface area contributed by atoms with Crippen LogP contribution in [-0.2, 0) is 4.74 Å². The highest BCUT2D eigenvalue weighted by atomic mass is 16.6. The Hall–Kier alpha value is -1.02. The second-order valence-electron chi connectivity index (χ2n) is 5.67. The lowest BCUT2D eigenvalue weighted by Gasteiger charge is -2.17. The van der Waals surface area contributed by atoms with Gasteiger partial charge < -0.3 is 9.47 Å². The summed E-state index contributed by atoms with van der Waals surface area (Å²) < 4.78 is 10.9.